The molecule has 0 radical (unpaired) electrons. The van der Waals surface area contributed by atoms with Gasteiger partial charge in [-0.15, -0.1) is 0 Å². The van der Waals surface area contributed by atoms with Crippen LogP contribution in [0.4, 0.5) is 0 Å². The lowest BCUT2D eigenvalue weighted by atomic mass is 9.69. The quantitative estimate of drug-likeness (QED) is 0.573. The smallest absolute Gasteiger partial charge is 0.216 e. The van der Waals surface area contributed by atoms with Crippen molar-refractivity contribution in [1.82, 2.24) is 0 Å². The summed E-state index contributed by atoms with van der Waals surface area (Å²) in [6.07, 6.45) is 6.51. The van der Waals surface area contributed by atoms with Gasteiger partial charge in [-0.3, -0.25) is 20.2 Å². The van der Waals surface area contributed by atoms with Crippen LogP contribution in [-0.4, -0.2) is 21.9 Å². The maximum atomic E-state index is 11.1. The average molecular weight is 256 g/mol. The van der Waals surface area contributed by atoms with Gasteiger partial charge in [0.05, 0.1) is 0 Å². The van der Waals surface area contributed by atoms with E-state index in [1.807, 2.05) is 0 Å². The van der Waals surface area contributed by atoms with Crippen LogP contribution >= 0.6 is 0 Å². The van der Waals surface area contributed by atoms with E-state index >= 15 is 0 Å². The van der Waals surface area contributed by atoms with Gasteiger partial charge in [0.1, 0.15) is 0 Å². The van der Waals surface area contributed by atoms with E-state index < -0.39 is 12.1 Å². The first-order valence-electron chi connectivity index (χ1n) is 6.88. The molecular formula is C12H20N2O4. The van der Waals surface area contributed by atoms with Crippen molar-refractivity contribution < 1.29 is 9.85 Å². The Bertz CT molecular complexity index is 302. The Morgan fingerprint density at radius 2 is 1.00 bits per heavy atom. The van der Waals surface area contributed by atoms with Crippen molar-refractivity contribution in [1.29, 1.82) is 0 Å². The highest BCUT2D eigenvalue weighted by molar-refractivity contribution is 4.87. The Kier molecular flexibility index (Phi) is 4.14. The molecule has 0 aromatic rings. The van der Waals surface area contributed by atoms with Crippen LogP contribution in [0, 0.1) is 32.1 Å². The normalized spacial score (nSPS) is 37.1. The maximum absolute atomic E-state index is 11.1. The van der Waals surface area contributed by atoms with E-state index in [0.29, 0.717) is 12.8 Å². The molecule has 6 heteroatoms. The van der Waals surface area contributed by atoms with Crippen LogP contribution in [0.15, 0.2) is 0 Å². The Morgan fingerprint density at radius 3 is 1.33 bits per heavy atom. The highest BCUT2D eigenvalue weighted by atomic mass is 16.6. The van der Waals surface area contributed by atoms with E-state index in [2.05, 4.69) is 0 Å². The van der Waals surface area contributed by atoms with Gasteiger partial charge in [-0.1, -0.05) is 12.8 Å². The fourth-order valence-electron chi connectivity index (χ4n) is 3.80. The second-order valence-corrected chi connectivity index (χ2v) is 5.60. The summed E-state index contributed by atoms with van der Waals surface area (Å²) in [7, 11) is 0. The first-order valence-corrected chi connectivity index (χ1v) is 6.88. The van der Waals surface area contributed by atoms with Gasteiger partial charge in [-0.2, -0.15) is 0 Å². The zero-order chi connectivity index (χ0) is 13.1. The lowest BCUT2D eigenvalue weighted by Crippen LogP contribution is -2.45. The minimum Gasteiger partial charge on any atom is -0.264 e. The van der Waals surface area contributed by atoms with Gasteiger partial charge in [0.25, 0.3) is 0 Å². The van der Waals surface area contributed by atoms with Crippen molar-refractivity contribution in [3.05, 3.63) is 20.2 Å². The third-order valence-corrected chi connectivity index (χ3v) is 4.65. The summed E-state index contributed by atoms with van der Waals surface area (Å²) < 4.78 is 0. The van der Waals surface area contributed by atoms with Crippen molar-refractivity contribution in [3.63, 3.8) is 0 Å². The van der Waals surface area contributed by atoms with Gasteiger partial charge in [0, 0.05) is 34.5 Å². The number of rotatable bonds is 3. The maximum Gasteiger partial charge on any atom is 0.216 e. The second kappa shape index (κ2) is 5.63. The molecular weight excluding hydrogens is 236 g/mol. The van der Waals surface area contributed by atoms with E-state index in [4.69, 9.17) is 0 Å². The summed E-state index contributed by atoms with van der Waals surface area (Å²) in [5.41, 5.74) is 0. The lowest BCUT2D eigenvalue weighted by molar-refractivity contribution is -0.559. The molecule has 0 heterocycles. The third kappa shape index (κ3) is 2.62. The average Bonchev–Trinajstić information content (AvgIpc) is 2.38. The molecule has 2 aliphatic carbocycles. The molecule has 2 rings (SSSR count). The number of nitro groups is 2. The molecule has 0 aliphatic heterocycles. The van der Waals surface area contributed by atoms with E-state index in [9.17, 15) is 20.2 Å². The Labute approximate surface area is 106 Å². The fourth-order valence-corrected chi connectivity index (χ4v) is 3.80. The molecule has 0 N–H and O–H groups in total. The first kappa shape index (κ1) is 13.2. The highest BCUT2D eigenvalue weighted by Crippen LogP contribution is 2.40. The van der Waals surface area contributed by atoms with Gasteiger partial charge < -0.3 is 0 Å². The Hall–Kier alpha value is -1.20. The van der Waals surface area contributed by atoms with Gasteiger partial charge in [-0.05, 0) is 25.7 Å². The summed E-state index contributed by atoms with van der Waals surface area (Å²) in [4.78, 5) is 21.8. The van der Waals surface area contributed by atoms with Crippen molar-refractivity contribution in [2.75, 3.05) is 0 Å². The Balaban J connectivity index is 2.15. The standard InChI is InChI=1S/C12H20N2O4/c15-13(16)11-7-3-1-5-9(11)10-6-2-4-8-12(10)14(17)18/h9-12H,1-8H2. The van der Waals surface area contributed by atoms with E-state index in [1.54, 1.807) is 0 Å². The lowest BCUT2D eigenvalue weighted by Gasteiger charge is -2.35. The minimum atomic E-state index is -0.552. The number of hydrogen-bond acceptors (Lipinski definition) is 4. The topological polar surface area (TPSA) is 86.3 Å². The summed E-state index contributed by atoms with van der Waals surface area (Å²) in [6.45, 7) is 0. The number of nitrogens with zero attached hydrogens (tertiary/aromatic N) is 2. The fraction of sp³-hybridized carbons (Fsp3) is 1.00. The largest absolute Gasteiger partial charge is 0.264 e. The van der Waals surface area contributed by atoms with E-state index in [0.717, 1.165) is 38.5 Å². The summed E-state index contributed by atoms with van der Waals surface area (Å²) >= 11 is 0. The van der Waals surface area contributed by atoms with Crippen LogP contribution < -0.4 is 0 Å². The molecule has 18 heavy (non-hydrogen) atoms. The van der Waals surface area contributed by atoms with Crippen LogP contribution in [0.5, 0.6) is 0 Å². The van der Waals surface area contributed by atoms with Crippen molar-refractivity contribution in [2.24, 2.45) is 11.8 Å². The zero-order valence-electron chi connectivity index (χ0n) is 10.5. The molecule has 2 saturated carbocycles. The molecule has 0 aromatic heterocycles. The van der Waals surface area contributed by atoms with E-state index in [1.165, 1.54) is 0 Å². The molecule has 2 fully saturated rings. The van der Waals surface area contributed by atoms with Crippen LogP contribution in [0.1, 0.15) is 51.4 Å². The minimum absolute atomic E-state index is 0.0792. The van der Waals surface area contributed by atoms with Gasteiger partial charge >= 0.3 is 0 Å². The summed E-state index contributed by atoms with van der Waals surface area (Å²) in [6, 6.07) is -1.10. The predicted molar refractivity (Wildman–Crippen MR) is 65.5 cm³/mol. The SMILES string of the molecule is O=[N+]([O-])C1CCCCC1C1CCCCC1[N+](=O)[O-]. The monoisotopic (exact) mass is 256 g/mol. The molecule has 6 nitrogen and oxygen atoms in total. The van der Waals surface area contributed by atoms with Crippen molar-refractivity contribution in [3.8, 4) is 0 Å². The number of hydrogen-bond donors (Lipinski definition) is 0. The van der Waals surface area contributed by atoms with Gasteiger partial charge in [0.15, 0.2) is 0 Å². The molecule has 0 aromatic carbocycles. The van der Waals surface area contributed by atoms with Crippen molar-refractivity contribution >= 4 is 0 Å². The van der Waals surface area contributed by atoms with Gasteiger partial charge in [0.2, 0.25) is 12.1 Å². The molecule has 0 saturated heterocycles. The molecule has 102 valence electrons. The van der Waals surface area contributed by atoms with E-state index in [-0.39, 0.29) is 21.7 Å². The summed E-state index contributed by atoms with van der Waals surface area (Å²) in [5, 5.41) is 22.2. The molecule has 2 aliphatic rings. The predicted octanol–water partition coefficient (Wildman–Crippen LogP) is 2.66. The third-order valence-electron chi connectivity index (χ3n) is 4.65. The highest BCUT2D eigenvalue weighted by Gasteiger charge is 2.47. The van der Waals surface area contributed by atoms with Crippen molar-refractivity contribution in [2.45, 2.75) is 63.5 Å². The first-order chi connectivity index (χ1) is 8.61. The van der Waals surface area contributed by atoms with Crippen LogP contribution in [0.25, 0.3) is 0 Å². The molecule has 4 atom stereocenters. The molecule has 0 spiro atoms. The zero-order valence-corrected chi connectivity index (χ0v) is 10.5. The molecule has 0 bridgehead atoms. The van der Waals surface area contributed by atoms with Gasteiger partial charge in [-0.25, -0.2) is 0 Å². The Morgan fingerprint density at radius 1 is 0.667 bits per heavy atom. The molecule has 4 unspecified atom stereocenters. The van der Waals surface area contributed by atoms with Crippen LogP contribution in [-0.2, 0) is 0 Å². The van der Waals surface area contributed by atoms with Crippen LogP contribution in [0.3, 0.4) is 0 Å². The second-order valence-electron chi connectivity index (χ2n) is 5.60. The van der Waals surface area contributed by atoms with Crippen LogP contribution in [0.2, 0.25) is 0 Å². The molecule has 0 amide bonds. The summed E-state index contributed by atoms with van der Waals surface area (Å²) in [5.74, 6) is -0.158.